The number of rotatable bonds is 2. The van der Waals surface area contributed by atoms with Crippen LogP contribution in [0.1, 0.15) is 33.1 Å². The highest BCUT2D eigenvalue weighted by molar-refractivity contribution is 5.92. The maximum Gasteiger partial charge on any atom is 0.304 e. The molecule has 4 heteroatoms. The first-order valence-corrected chi connectivity index (χ1v) is 5.26. The van der Waals surface area contributed by atoms with Gasteiger partial charge < -0.3 is 10.2 Å². The van der Waals surface area contributed by atoms with Gasteiger partial charge in [0.2, 0.25) is 0 Å². The number of carbonyl (C=O) groups excluding carboxylic acids is 1. The van der Waals surface area contributed by atoms with E-state index >= 15 is 0 Å². The summed E-state index contributed by atoms with van der Waals surface area (Å²) >= 11 is 0. The molecular weight excluding hydrogens is 196 g/mol. The minimum atomic E-state index is -1.08. The number of carboxylic acid groups (broad SMARTS) is 1. The first kappa shape index (κ1) is 10.6. The van der Waals surface area contributed by atoms with Crippen LogP contribution in [0.4, 0.5) is 0 Å². The smallest absolute Gasteiger partial charge is 0.304 e. The third-order valence-electron chi connectivity index (χ3n) is 4.64. The van der Waals surface area contributed by atoms with Gasteiger partial charge >= 0.3 is 5.97 Å². The molecule has 0 radical (unpaired) electrons. The third kappa shape index (κ3) is 1.06. The molecule has 0 spiro atoms. The SMILES string of the molecule is CC1(C)[C@@H]2CC[C@]1(CC(=O)O)[C@H](O)C2=O. The Labute approximate surface area is 88.3 Å². The fourth-order valence-electron chi connectivity index (χ4n) is 3.56. The third-order valence-corrected chi connectivity index (χ3v) is 4.64. The molecule has 2 saturated carbocycles. The number of aliphatic hydroxyl groups is 1. The number of aliphatic carboxylic acids is 1. The number of carbonyl (C=O) groups is 2. The van der Waals surface area contributed by atoms with Gasteiger partial charge in [-0.1, -0.05) is 13.8 Å². The van der Waals surface area contributed by atoms with Gasteiger partial charge in [-0.3, -0.25) is 9.59 Å². The Bertz CT molecular complexity index is 333. The second-order valence-corrected chi connectivity index (χ2v) is 5.34. The molecular formula is C11H16O4. The Hall–Kier alpha value is -0.900. The quantitative estimate of drug-likeness (QED) is 0.710. The van der Waals surface area contributed by atoms with Crippen LogP contribution in [0.3, 0.4) is 0 Å². The average Bonchev–Trinajstić information content (AvgIpc) is 2.41. The molecule has 3 atom stereocenters. The van der Waals surface area contributed by atoms with Crippen LogP contribution in [0.25, 0.3) is 0 Å². The average molecular weight is 212 g/mol. The Morgan fingerprint density at radius 1 is 1.53 bits per heavy atom. The Kier molecular flexibility index (Phi) is 1.99. The molecule has 0 heterocycles. The van der Waals surface area contributed by atoms with Crippen molar-refractivity contribution in [2.24, 2.45) is 16.7 Å². The normalized spacial score (nSPS) is 42.2. The zero-order chi connectivity index (χ0) is 11.4. The lowest BCUT2D eigenvalue weighted by molar-refractivity contribution is -0.146. The number of hydrogen-bond acceptors (Lipinski definition) is 3. The monoisotopic (exact) mass is 212 g/mol. The molecule has 0 aromatic heterocycles. The van der Waals surface area contributed by atoms with E-state index in [1.807, 2.05) is 13.8 Å². The van der Waals surface area contributed by atoms with E-state index in [0.29, 0.717) is 6.42 Å². The molecule has 2 aliphatic carbocycles. The van der Waals surface area contributed by atoms with Crippen LogP contribution in [-0.4, -0.2) is 28.1 Å². The van der Waals surface area contributed by atoms with E-state index in [0.717, 1.165) is 6.42 Å². The molecule has 0 unspecified atom stereocenters. The number of Topliss-reactive ketones (excluding diaryl/α,β-unsaturated/α-hetero) is 1. The van der Waals surface area contributed by atoms with Crippen molar-refractivity contribution >= 4 is 11.8 Å². The number of ketones is 1. The molecule has 0 aliphatic heterocycles. The van der Waals surface area contributed by atoms with Gasteiger partial charge in [-0.15, -0.1) is 0 Å². The molecule has 0 saturated heterocycles. The summed E-state index contributed by atoms with van der Waals surface area (Å²) in [4.78, 5) is 22.6. The zero-order valence-electron chi connectivity index (χ0n) is 8.99. The van der Waals surface area contributed by atoms with E-state index in [4.69, 9.17) is 5.11 Å². The lowest BCUT2D eigenvalue weighted by Gasteiger charge is -2.38. The van der Waals surface area contributed by atoms with Gasteiger partial charge in [-0.2, -0.15) is 0 Å². The first-order chi connectivity index (χ1) is 6.83. The minimum Gasteiger partial charge on any atom is -0.481 e. The molecule has 2 bridgehead atoms. The number of carboxylic acids is 1. The van der Waals surface area contributed by atoms with E-state index < -0.39 is 17.5 Å². The van der Waals surface area contributed by atoms with Crippen molar-refractivity contribution in [3.63, 3.8) is 0 Å². The number of fused-ring (bicyclic) bond motifs is 2. The molecule has 0 aromatic carbocycles. The summed E-state index contributed by atoms with van der Waals surface area (Å²) < 4.78 is 0. The van der Waals surface area contributed by atoms with Gasteiger partial charge in [-0.05, 0) is 18.3 Å². The molecule has 84 valence electrons. The van der Waals surface area contributed by atoms with Crippen molar-refractivity contribution in [1.82, 2.24) is 0 Å². The highest BCUT2D eigenvalue weighted by atomic mass is 16.4. The van der Waals surface area contributed by atoms with Crippen molar-refractivity contribution in [3.8, 4) is 0 Å². The van der Waals surface area contributed by atoms with Gasteiger partial charge in [0.25, 0.3) is 0 Å². The molecule has 2 fully saturated rings. The fraction of sp³-hybridized carbons (Fsp3) is 0.818. The fourth-order valence-corrected chi connectivity index (χ4v) is 3.56. The lowest BCUT2D eigenvalue weighted by atomic mass is 9.66. The summed E-state index contributed by atoms with van der Waals surface area (Å²) in [7, 11) is 0. The van der Waals surface area contributed by atoms with E-state index in [-0.39, 0.29) is 23.5 Å². The standard InChI is InChI=1S/C11H16O4/c1-10(2)6-3-4-11(10,5-7(12)13)9(15)8(6)14/h6,9,15H,3-5H2,1-2H3,(H,12,13)/t6-,9-,11+/m1/s1. The van der Waals surface area contributed by atoms with Crippen molar-refractivity contribution in [3.05, 3.63) is 0 Å². The summed E-state index contributed by atoms with van der Waals surface area (Å²) in [5.74, 6) is -1.25. The van der Waals surface area contributed by atoms with Gasteiger partial charge in [-0.25, -0.2) is 0 Å². The zero-order valence-corrected chi connectivity index (χ0v) is 8.99. The van der Waals surface area contributed by atoms with E-state index in [2.05, 4.69) is 0 Å². The van der Waals surface area contributed by atoms with Gasteiger partial charge in [0.1, 0.15) is 6.10 Å². The summed E-state index contributed by atoms with van der Waals surface area (Å²) in [6.45, 7) is 3.81. The van der Waals surface area contributed by atoms with Crippen molar-refractivity contribution < 1.29 is 19.8 Å². The van der Waals surface area contributed by atoms with E-state index in [1.54, 1.807) is 0 Å². The molecule has 0 amide bonds. The minimum absolute atomic E-state index is 0.108. The Balaban J connectivity index is 2.44. The van der Waals surface area contributed by atoms with Crippen LogP contribution in [0, 0.1) is 16.7 Å². The molecule has 0 aromatic rings. The Morgan fingerprint density at radius 3 is 2.53 bits per heavy atom. The maximum atomic E-state index is 11.7. The van der Waals surface area contributed by atoms with Gasteiger partial charge in [0.15, 0.2) is 5.78 Å². The largest absolute Gasteiger partial charge is 0.481 e. The van der Waals surface area contributed by atoms with E-state index in [9.17, 15) is 14.7 Å². The Morgan fingerprint density at radius 2 is 2.13 bits per heavy atom. The molecule has 2 N–H and O–H groups in total. The van der Waals surface area contributed by atoms with Crippen LogP contribution in [-0.2, 0) is 9.59 Å². The summed E-state index contributed by atoms with van der Waals surface area (Å²) in [5, 5.41) is 18.8. The highest BCUT2D eigenvalue weighted by Gasteiger charge is 2.68. The van der Waals surface area contributed by atoms with Crippen LogP contribution in [0.15, 0.2) is 0 Å². The molecule has 2 rings (SSSR count). The van der Waals surface area contributed by atoms with Crippen LogP contribution < -0.4 is 0 Å². The van der Waals surface area contributed by atoms with E-state index in [1.165, 1.54) is 0 Å². The second kappa shape index (κ2) is 2.82. The van der Waals surface area contributed by atoms with Gasteiger partial charge in [0.05, 0.1) is 6.42 Å². The van der Waals surface area contributed by atoms with Crippen LogP contribution >= 0.6 is 0 Å². The van der Waals surface area contributed by atoms with Crippen LogP contribution in [0.2, 0.25) is 0 Å². The topological polar surface area (TPSA) is 74.6 Å². The predicted octanol–water partition coefficient (Wildman–Crippen LogP) is 0.827. The van der Waals surface area contributed by atoms with Crippen molar-refractivity contribution in [2.45, 2.75) is 39.2 Å². The maximum absolute atomic E-state index is 11.7. The summed E-state index contributed by atoms with van der Waals surface area (Å²) in [5.41, 5.74) is -1.12. The highest BCUT2D eigenvalue weighted by Crippen LogP contribution is 2.65. The summed E-state index contributed by atoms with van der Waals surface area (Å²) in [6, 6.07) is 0. The van der Waals surface area contributed by atoms with Crippen molar-refractivity contribution in [2.75, 3.05) is 0 Å². The van der Waals surface area contributed by atoms with Gasteiger partial charge in [0, 0.05) is 11.3 Å². The molecule has 4 nitrogen and oxygen atoms in total. The second-order valence-electron chi connectivity index (χ2n) is 5.34. The van der Waals surface area contributed by atoms with Crippen molar-refractivity contribution in [1.29, 1.82) is 0 Å². The lowest BCUT2D eigenvalue weighted by Crippen LogP contribution is -2.42. The first-order valence-electron chi connectivity index (χ1n) is 5.26. The number of hydrogen-bond donors (Lipinski definition) is 2. The molecule has 15 heavy (non-hydrogen) atoms. The molecule has 2 aliphatic rings. The predicted molar refractivity (Wildman–Crippen MR) is 52.2 cm³/mol. The summed E-state index contributed by atoms with van der Waals surface area (Å²) in [6.07, 6.45) is 0.172. The number of aliphatic hydroxyl groups excluding tert-OH is 1. The van der Waals surface area contributed by atoms with Crippen LogP contribution in [0.5, 0.6) is 0 Å².